The highest BCUT2D eigenvalue weighted by Gasteiger charge is 2.47. The number of hydrogen-bond acceptors (Lipinski definition) is 11. The fourth-order valence-corrected chi connectivity index (χ4v) is 6.06. The van der Waals surface area contributed by atoms with E-state index in [9.17, 15) is 14.7 Å². The van der Waals surface area contributed by atoms with Gasteiger partial charge in [0, 0.05) is 44.4 Å². The Hall–Kier alpha value is -3.67. The predicted molar refractivity (Wildman–Crippen MR) is 150 cm³/mol. The number of carbonyl (C=O) groups is 2. The molecule has 3 aliphatic rings. The van der Waals surface area contributed by atoms with Crippen LogP contribution in [0.1, 0.15) is 70.5 Å². The molecule has 2 fully saturated rings. The topological polar surface area (TPSA) is 168 Å². The minimum absolute atomic E-state index is 0.0226. The Labute approximate surface area is 234 Å². The second kappa shape index (κ2) is 12.2. The van der Waals surface area contributed by atoms with Gasteiger partial charge in [0.1, 0.15) is 29.2 Å². The monoisotopic (exact) mass is 552 g/mol. The number of hydrogen-bond donors (Lipinski definition) is 4. The molecule has 3 atom stereocenters. The number of anilines is 1. The lowest BCUT2D eigenvalue weighted by Crippen LogP contribution is -2.39. The van der Waals surface area contributed by atoms with Crippen molar-refractivity contribution in [1.29, 1.82) is 10.9 Å². The van der Waals surface area contributed by atoms with E-state index in [1.165, 1.54) is 11.1 Å². The molecule has 2 heterocycles. The number of ether oxygens (including phenoxy) is 1. The van der Waals surface area contributed by atoms with Gasteiger partial charge in [0.2, 0.25) is 5.88 Å². The predicted octanol–water partition coefficient (Wildman–Crippen LogP) is 4.20. The van der Waals surface area contributed by atoms with Crippen LogP contribution in [-0.4, -0.2) is 82.1 Å². The van der Waals surface area contributed by atoms with Crippen molar-refractivity contribution in [2.75, 3.05) is 33.0 Å². The van der Waals surface area contributed by atoms with Crippen LogP contribution >= 0.6 is 0 Å². The number of nitrogens with one attached hydrogen (secondary N) is 3. The number of ketones is 1. The number of aliphatic hydroxyl groups excluding tert-OH is 1. The Morgan fingerprint density at radius 3 is 2.67 bits per heavy atom. The molecule has 1 amide bonds. The smallest absolute Gasteiger partial charge is 0.275 e. The van der Waals surface area contributed by atoms with Gasteiger partial charge in [-0.05, 0) is 65.5 Å². The van der Waals surface area contributed by atoms with Gasteiger partial charge in [-0.3, -0.25) is 19.9 Å². The van der Waals surface area contributed by atoms with E-state index >= 15 is 0 Å². The highest BCUT2D eigenvalue weighted by Crippen LogP contribution is 2.48. The first kappa shape index (κ1) is 29.3. The molecule has 1 spiro atoms. The van der Waals surface area contributed by atoms with Crippen LogP contribution in [0.15, 0.2) is 34.4 Å². The third-order valence-electron chi connectivity index (χ3n) is 8.32. The molecule has 1 aromatic rings. The lowest BCUT2D eigenvalue weighted by molar-refractivity contribution is -0.131. The van der Waals surface area contributed by atoms with Crippen molar-refractivity contribution in [1.82, 2.24) is 19.8 Å². The van der Waals surface area contributed by atoms with Gasteiger partial charge in [0.25, 0.3) is 5.91 Å². The Balaban J connectivity index is 1.70. The summed E-state index contributed by atoms with van der Waals surface area (Å²) >= 11 is 0. The number of rotatable bonds is 9. The largest absolute Gasteiger partial charge is 0.511 e. The first-order chi connectivity index (χ1) is 19.1. The molecular formula is C28H40N8O4. The molecule has 4 N–H and O–H groups in total. The molecule has 12 heteroatoms. The second-order valence-electron chi connectivity index (χ2n) is 11.2. The quantitative estimate of drug-likeness (QED) is 0.201. The fourth-order valence-electron chi connectivity index (χ4n) is 6.06. The molecule has 1 saturated heterocycles. The highest BCUT2D eigenvalue weighted by atomic mass is 16.5. The van der Waals surface area contributed by atoms with E-state index in [4.69, 9.17) is 15.7 Å². The van der Waals surface area contributed by atoms with Gasteiger partial charge >= 0.3 is 0 Å². The van der Waals surface area contributed by atoms with Gasteiger partial charge < -0.3 is 20.1 Å². The minimum Gasteiger partial charge on any atom is -0.511 e. The van der Waals surface area contributed by atoms with Gasteiger partial charge in [-0.25, -0.2) is 10.5 Å². The first-order valence-corrected chi connectivity index (χ1v) is 13.9. The molecule has 0 aromatic carbocycles. The molecule has 40 heavy (non-hydrogen) atoms. The van der Waals surface area contributed by atoms with Crippen LogP contribution in [0, 0.1) is 16.4 Å². The number of amides is 1. The van der Waals surface area contributed by atoms with Gasteiger partial charge in [-0.2, -0.15) is 10.1 Å². The normalized spacial score (nSPS) is 24.6. The zero-order chi connectivity index (χ0) is 29.0. The number of Topliss-reactive ketones (excluding diaryl/α,β-unsaturated/α-hetero) is 1. The molecule has 216 valence electrons. The van der Waals surface area contributed by atoms with Crippen molar-refractivity contribution < 1.29 is 19.4 Å². The van der Waals surface area contributed by atoms with E-state index < -0.39 is 11.3 Å². The lowest BCUT2D eigenvalue weighted by atomic mass is 9.64. The third kappa shape index (κ3) is 5.91. The summed E-state index contributed by atoms with van der Waals surface area (Å²) in [6, 6.07) is 1.78. The Morgan fingerprint density at radius 2 is 2.02 bits per heavy atom. The molecule has 4 rings (SSSR count). The van der Waals surface area contributed by atoms with E-state index in [0.29, 0.717) is 37.7 Å². The maximum Gasteiger partial charge on any atom is 0.275 e. The zero-order valence-corrected chi connectivity index (χ0v) is 23.8. The van der Waals surface area contributed by atoms with Crippen LogP contribution in [0.5, 0.6) is 5.88 Å². The molecule has 0 radical (unpaired) electrons. The number of allylic oxidation sites excluding steroid dienone is 2. The third-order valence-corrected chi connectivity index (χ3v) is 8.32. The number of carbonyl (C=O) groups excluding carboxylic acids is 2. The van der Waals surface area contributed by atoms with Crippen molar-refractivity contribution in [3.8, 4) is 5.88 Å². The summed E-state index contributed by atoms with van der Waals surface area (Å²) in [4.78, 5) is 37.9. The summed E-state index contributed by atoms with van der Waals surface area (Å²) in [6.07, 6.45) is 7.58. The van der Waals surface area contributed by atoms with Gasteiger partial charge in [0.15, 0.2) is 11.5 Å². The first-order valence-electron chi connectivity index (χ1n) is 13.9. The van der Waals surface area contributed by atoms with Crippen molar-refractivity contribution in [2.24, 2.45) is 10.5 Å². The van der Waals surface area contributed by atoms with Crippen LogP contribution in [0.25, 0.3) is 0 Å². The van der Waals surface area contributed by atoms with Crippen LogP contribution in [-0.2, 0) is 9.59 Å². The maximum atomic E-state index is 13.0. The maximum absolute atomic E-state index is 13.0. The summed E-state index contributed by atoms with van der Waals surface area (Å²) < 4.78 is 6.24. The summed E-state index contributed by atoms with van der Waals surface area (Å²) in [5, 5.41) is 26.6. The molecular weight excluding hydrogens is 512 g/mol. The average Bonchev–Trinajstić information content (AvgIpc) is 3.37. The molecule has 1 aromatic heterocycles. The second-order valence-corrected chi connectivity index (χ2v) is 11.2. The fraction of sp³-hybridized carbons (Fsp3) is 0.607. The SMILES string of the molecule is C[C@H](Oc1cc(N/C=C(\N=N)C(=O)N(C)C)nc(C(=N)C2=C(O)[C@]3(CCCCC3=O)CCC2)n1)[C@@H]1CCCN1C. The zero-order valence-electron chi connectivity index (χ0n) is 23.8. The van der Waals surface area contributed by atoms with Gasteiger partial charge in [-0.1, -0.05) is 6.42 Å². The number of likely N-dealkylation sites (tertiary alicyclic amines) is 1. The highest BCUT2D eigenvalue weighted by molar-refractivity contribution is 6.09. The summed E-state index contributed by atoms with van der Waals surface area (Å²) in [5.41, 5.74) is 6.66. The summed E-state index contributed by atoms with van der Waals surface area (Å²) in [7, 11) is 5.19. The van der Waals surface area contributed by atoms with Crippen molar-refractivity contribution in [2.45, 2.75) is 76.9 Å². The van der Waals surface area contributed by atoms with Crippen LogP contribution in [0.3, 0.4) is 0 Å². The van der Waals surface area contributed by atoms with E-state index in [0.717, 1.165) is 32.2 Å². The van der Waals surface area contributed by atoms with E-state index in [2.05, 4.69) is 32.3 Å². The Kier molecular flexibility index (Phi) is 8.97. The Morgan fingerprint density at radius 1 is 1.27 bits per heavy atom. The average molecular weight is 553 g/mol. The molecule has 2 aliphatic carbocycles. The number of aromatic nitrogens is 2. The Bertz CT molecular complexity index is 1240. The molecule has 12 nitrogen and oxygen atoms in total. The van der Waals surface area contributed by atoms with Crippen molar-refractivity contribution in [3.63, 3.8) is 0 Å². The van der Waals surface area contributed by atoms with Gasteiger partial charge in [0.05, 0.1) is 5.41 Å². The standard InChI is InChI=1S/C28H40N8O4/c1-17(20-10-8-14-36(20)4)40-23-15-22(31-16-19(34-30)27(39)35(2)3)32-26(33-23)24(29)18-9-7-13-28(25(18)38)12-6-5-11-21(28)37/h15-17,20,29-30,38H,5-14H2,1-4H3,(H,31,32,33)/b19-16-,29-24?,34-30?/t17-,20-,28+/m0/s1. The van der Waals surface area contributed by atoms with Crippen LogP contribution in [0.2, 0.25) is 0 Å². The molecule has 0 unspecified atom stereocenters. The number of likely N-dealkylation sites (N-methyl/N-ethyl adjacent to an activating group) is 2. The number of nitrogens with zero attached hydrogens (tertiary/aromatic N) is 5. The van der Waals surface area contributed by atoms with Crippen molar-refractivity contribution in [3.05, 3.63) is 35.1 Å². The summed E-state index contributed by atoms with van der Waals surface area (Å²) in [5.74, 6) is 0.0677. The molecule has 0 bridgehead atoms. The lowest BCUT2D eigenvalue weighted by Gasteiger charge is -2.39. The van der Waals surface area contributed by atoms with E-state index in [1.54, 1.807) is 20.2 Å². The van der Waals surface area contributed by atoms with Gasteiger partial charge in [-0.15, -0.1) is 0 Å². The van der Waals surface area contributed by atoms with E-state index in [1.807, 2.05) is 6.92 Å². The summed E-state index contributed by atoms with van der Waals surface area (Å²) in [6.45, 7) is 2.97. The van der Waals surface area contributed by atoms with Crippen LogP contribution in [0.4, 0.5) is 5.82 Å². The minimum atomic E-state index is -0.922. The number of aliphatic hydroxyl groups is 1. The molecule has 1 saturated carbocycles. The van der Waals surface area contributed by atoms with Crippen LogP contribution < -0.4 is 10.1 Å². The van der Waals surface area contributed by atoms with E-state index in [-0.39, 0.29) is 52.6 Å². The van der Waals surface area contributed by atoms with Crippen molar-refractivity contribution >= 4 is 23.2 Å². The molecule has 1 aliphatic heterocycles.